The molecule has 0 aliphatic heterocycles. The second-order valence-electron chi connectivity index (χ2n) is 6.12. The number of nitrogens with one attached hydrogen (secondary N) is 1. The highest BCUT2D eigenvalue weighted by molar-refractivity contribution is 5.93. The van der Waals surface area contributed by atoms with Crippen molar-refractivity contribution >= 4 is 11.9 Å². The van der Waals surface area contributed by atoms with Crippen molar-refractivity contribution in [1.29, 1.82) is 0 Å². The fourth-order valence-electron chi connectivity index (χ4n) is 2.86. The van der Waals surface area contributed by atoms with E-state index in [-0.39, 0.29) is 18.0 Å². The molecule has 0 saturated heterocycles. The van der Waals surface area contributed by atoms with E-state index in [9.17, 15) is 19.8 Å². The summed E-state index contributed by atoms with van der Waals surface area (Å²) in [5.74, 6) is -1.77. The number of aryl methyl sites for hydroxylation is 1. The van der Waals surface area contributed by atoms with Gasteiger partial charge in [-0.25, -0.2) is 4.68 Å². The van der Waals surface area contributed by atoms with Gasteiger partial charge in [-0.15, -0.1) is 0 Å². The number of para-hydroxylation sites is 1. The molecule has 3 rings (SSSR count). The number of hydrogen-bond acceptors (Lipinski definition) is 4. The lowest BCUT2D eigenvalue weighted by Crippen LogP contribution is -2.31. The standard InChI is InChI=1S/C20H19N3O4/c1-13-7-5-6-10-15(13)16(12-19(25)26)21-20(27)17-11-18(24)23(22-17)14-8-3-2-4-9-14/h2-11,16,24H,12H2,1H3,(H,21,27)(H,25,26). The Labute approximate surface area is 155 Å². The van der Waals surface area contributed by atoms with Gasteiger partial charge in [0.05, 0.1) is 18.2 Å². The van der Waals surface area contributed by atoms with Crippen molar-refractivity contribution in [3.63, 3.8) is 0 Å². The fraction of sp³-hybridized carbons (Fsp3) is 0.150. The normalized spacial score (nSPS) is 11.7. The van der Waals surface area contributed by atoms with Crippen molar-refractivity contribution < 1.29 is 19.8 Å². The van der Waals surface area contributed by atoms with Crippen LogP contribution < -0.4 is 5.32 Å². The maximum absolute atomic E-state index is 12.6. The van der Waals surface area contributed by atoms with Crippen LogP contribution in [-0.2, 0) is 4.79 Å². The first kappa shape index (κ1) is 18.2. The third-order valence-corrected chi connectivity index (χ3v) is 4.17. The average Bonchev–Trinajstić information content (AvgIpc) is 3.04. The molecule has 1 heterocycles. The highest BCUT2D eigenvalue weighted by Crippen LogP contribution is 2.22. The first-order valence-electron chi connectivity index (χ1n) is 8.38. The van der Waals surface area contributed by atoms with E-state index in [0.717, 1.165) is 11.1 Å². The minimum Gasteiger partial charge on any atom is -0.493 e. The van der Waals surface area contributed by atoms with Gasteiger partial charge in [0.2, 0.25) is 5.88 Å². The Kier molecular flexibility index (Phi) is 5.21. The Morgan fingerprint density at radius 2 is 1.78 bits per heavy atom. The van der Waals surface area contributed by atoms with E-state index in [0.29, 0.717) is 5.69 Å². The average molecular weight is 365 g/mol. The molecule has 27 heavy (non-hydrogen) atoms. The van der Waals surface area contributed by atoms with Gasteiger partial charge in [0, 0.05) is 6.07 Å². The Balaban J connectivity index is 1.86. The van der Waals surface area contributed by atoms with Crippen LogP contribution in [0.1, 0.15) is 34.1 Å². The smallest absolute Gasteiger partial charge is 0.305 e. The SMILES string of the molecule is Cc1ccccc1C(CC(=O)O)NC(=O)c1cc(O)n(-c2ccccc2)n1. The van der Waals surface area contributed by atoms with Gasteiger partial charge in [-0.1, -0.05) is 42.5 Å². The van der Waals surface area contributed by atoms with Gasteiger partial charge in [0.25, 0.3) is 5.91 Å². The van der Waals surface area contributed by atoms with Gasteiger partial charge >= 0.3 is 5.97 Å². The molecular weight excluding hydrogens is 346 g/mol. The largest absolute Gasteiger partial charge is 0.493 e. The topological polar surface area (TPSA) is 104 Å². The predicted octanol–water partition coefficient (Wildman–Crippen LogP) is 2.83. The van der Waals surface area contributed by atoms with Crippen LogP contribution in [0.15, 0.2) is 60.7 Å². The van der Waals surface area contributed by atoms with Crippen molar-refractivity contribution in [1.82, 2.24) is 15.1 Å². The predicted molar refractivity (Wildman–Crippen MR) is 98.9 cm³/mol. The summed E-state index contributed by atoms with van der Waals surface area (Å²) in [7, 11) is 0. The van der Waals surface area contributed by atoms with Crippen LogP contribution in [0.5, 0.6) is 5.88 Å². The maximum atomic E-state index is 12.6. The third kappa shape index (κ3) is 4.14. The molecule has 7 heteroatoms. The zero-order valence-electron chi connectivity index (χ0n) is 14.7. The molecular formula is C20H19N3O4. The zero-order valence-corrected chi connectivity index (χ0v) is 14.7. The number of carboxylic acid groups (broad SMARTS) is 1. The van der Waals surface area contributed by atoms with E-state index in [1.165, 1.54) is 10.7 Å². The molecule has 1 atom stereocenters. The first-order chi connectivity index (χ1) is 13.0. The number of aromatic hydroxyl groups is 1. The number of amides is 1. The quantitative estimate of drug-likeness (QED) is 0.623. The first-order valence-corrected chi connectivity index (χ1v) is 8.38. The second kappa shape index (κ2) is 7.74. The lowest BCUT2D eigenvalue weighted by molar-refractivity contribution is -0.137. The summed E-state index contributed by atoms with van der Waals surface area (Å²) in [5, 5.41) is 26.1. The van der Waals surface area contributed by atoms with Gasteiger partial charge in [0.1, 0.15) is 0 Å². The van der Waals surface area contributed by atoms with Gasteiger partial charge in [0.15, 0.2) is 5.69 Å². The van der Waals surface area contributed by atoms with Gasteiger partial charge in [-0.2, -0.15) is 5.10 Å². The molecule has 138 valence electrons. The molecule has 0 saturated carbocycles. The van der Waals surface area contributed by atoms with Crippen molar-refractivity contribution in [3.05, 3.63) is 77.5 Å². The Morgan fingerprint density at radius 1 is 1.11 bits per heavy atom. The Hall–Kier alpha value is -3.61. The van der Waals surface area contributed by atoms with Crippen LogP contribution in [0.3, 0.4) is 0 Å². The summed E-state index contributed by atoms with van der Waals surface area (Å²) in [6.45, 7) is 1.85. The van der Waals surface area contributed by atoms with E-state index < -0.39 is 17.9 Å². The van der Waals surface area contributed by atoms with Crippen LogP contribution in [0.2, 0.25) is 0 Å². The maximum Gasteiger partial charge on any atom is 0.305 e. The lowest BCUT2D eigenvalue weighted by Gasteiger charge is -2.18. The number of benzene rings is 2. The van der Waals surface area contributed by atoms with Gasteiger partial charge in [-0.3, -0.25) is 9.59 Å². The number of carbonyl (C=O) groups excluding carboxylic acids is 1. The van der Waals surface area contributed by atoms with Crippen molar-refractivity contribution in [3.8, 4) is 11.6 Å². The minimum atomic E-state index is -1.03. The molecule has 7 nitrogen and oxygen atoms in total. The van der Waals surface area contributed by atoms with Crippen molar-refractivity contribution in [2.45, 2.75) is 19.4 Å². The summed E-state index contributed by atoms with van der Waals surface area (Å²) in [4.78, 5) is 23.9. The highest BCUT2D eigenvalue weighted by atomic mass is 16.4. The van der Waals surface area contributed by atoms with Crippen molar-refractivity contribution in [2.24, 2.45) is 0 Å². The summed E-state index contributed by atoms with van der Waals surface area (Å²) < 4.78 is 1.24. The molecule has 1 aromatic heterocycles. The Morgan fingerprint density at radius 3 is 2.44 bits per heavy atom. The molecule has 3 aromatic rings. The highest BCUT2D eigenvalue weighted by Gasteiger charge is 2.22. The summed E-state index contributed by atoms with van der Waals surface area (Å²) in [5.41, 5.74) is 2.21. The van der Waals surface area contributed by atoms with E-state index in [1.54, 1.807) is 36.4 Å². The summed E-state index contributed by atoms with van der Waals surface area (Å²) >= 11 is 0. The van der Waals surface area contributed by atoms with Gasteiger partial charge < -0.3 is 15.5 Å². The molecule has 2 aromatic carbocycles. The molecule has 1 unspecified atom stereocenters. The van der Waals surface area contributed by atoms with E-state index in [1.807, 2.05) is 25.1 Å². The van der Waals surface area contributed by atoms with E-state index in [4.69, 9.17) is 0 Å². The minimum absolute atomic E-state index is 0.000302. The monoisotopic (exact) mass is 365 g/mol. The summed E-state index contributed by atoms with van der Waals surface area (Å²) in [6, 6.07) is 16.7. The van der Waals surface area contributed by atoms with Crippen LogP contribution >= 0.6 is 0 Å². The van der Waals surface area contributed by atoms with Gasteiger partial charge in [-0.05, 0) is 30.2 Å². The van der Waals surface area contributed by atoms with Crippen LogP contribution in [0, 0.1) is 6.92 Å². The fourth-order valence-corrected chi connectivity index (χ4v) is 2.86. The number of carboxylic acids is 1. The molecule has 1 amide bonds. The molecule has 0 fully saturated rings. The van der Waals surface area contributed by atoms with E-state index >= 15 is 0 Å². The number of aliphatic carboxylic acids is 1. The van der Waals surface area contributed by atoms with Crippen molar-refractivity contribution in [2.75, 3.05) is 0 Å². The molecule has 0 aliphatic rings. The number of rotatable bonds is 6. The number of carbonyl (C=O) groups is 2. The van der Waals surface area contributed by atoms with Crippen LogP contribution in [0.25, 0.3) is 5.69 Å². The second-order valence-corrected chi connectivity index (χ2v) is 6.12. The molecule has 0 aliphatic carbocycles. The van der Waals surface area contributed by atoms with Crippen LogP contribution in [-0.4, -0.2) is 31.9 Å². The molecule has 0 radical (unpaired) electrons. The third-order valence-electron chi connectivity index (χ3n) is 4.17. The molecule has 0 spiro atoms. The zero-order chi connectivity index (χ0) is 19.4. The number of aromatic nitrogens is 2. The lowest BCUT2D eigenvalue weighted by atomic mass is 9.98. The molecule has 3 N–H and O–H groups in total. The number of nitrogens with zero attached hydrogens (tertiary/aromatic N) is 2. The van der Waals surface area contributed by atoms with E-state index in [2.05, 4.69) is 10.4 Å². The number of hydrogen-bond donors (Lipinski definition) is 3. The summed E-state index contributed by atoms with van der Waals surface area (Å²) in [6.07, 6.45) is -0.262. The van der Waals surface area contributed by atoms with Crippen LogP contribution in [0.4, 0.5) is 0 Å². The molecule has 0 bridgehead atoms. The Bertz CT molecular complexity index is 966.